The molecule has 0 saturated heterocycles. The third kappa shape index (κ3) is 5.45. The lowest BCUT2D eigenvalue weighted by Gasteiger charge is -2.17. The molecule has 0 aliphatic rings. The summed E-state index contributed by atoms with van der Waals surface area (Å²) in [5.41, 5.74) is 8.25. The van der Waals surface area contributed by atoms with E-state index in [1.165, 1.54) is 0 Å². The Bertz CT molecular complexity index is 883. The van der Waals surface area contributed by atoms with E-state index in [1.54, 1.807) is 34.5 Å². The van der Waals surface area contributed by atoms with E-state index in [4.69, 9.17) is 24.7 Å². The molecule has 0 saturated carbocycles. The summed E-state index contributed by atoms with van der Waals surface area (Å²) in [6.45, 7) is 3.80. The monoisotopic (exact) mass is 414 g/mol. The number of carbonyl (C=O) groups is 1. The molecule has 2 rings (SSSR count). The summed E-state index contributed by atoms with van der Waals surface area (Å²) >= 11 is 0. The first-order chi connectivity index (χ1) is 14.3. The van der Waals surface area contributed by atoms with Crippen LogP contribution < -0.4 is 30.0 Å². The highest BCUT2D eigenvalue weighted by Crippen LogP contribution is 2.38. The molecule has 2 aromatic rings. The lowest BCUT2D eigenvalue weighted by atomic mass is 10.0. The third-order valence-corrected chi connectivity index (χ3v) is 4.66. The van der Waals surface area contributed by atoms with Gasteiger partial charge in [-0.2, -0.15) is 0 Å². The van der Waals surface area contributed by atoms with Crippen molar-refractivity contribution in [3.05, 3.63) is 41.5 Å². The molecule has 0 radical (unpaired) electrons. The molecule has 0 aliphatic heterocycles. The van der Waals surface area contributed by atoms with E-state index < -0.39 is 6.04 Å². The first kappa shape index (κ1) is 23.1. The Morgan fingerprint density at radius 2 is 1.43 bits per heavy atom. The van der Waals surface area contributed by atoms with Crippen molar-refractivity contribution in [1.29, 1.82) is 0 Å². The molecule has 7 heteroatoms. The van der Waals surface area contributed by atoms with Gasteiger partial charge < -0.3 is 30.0 Å². The summed E-state index contributed by atoms with van der Waals surface area (Å²) in [7, 11) is 6.27. The van der Waals surface area contributed by atoms with Crippen LogP contribution in [0.25, 0.3) is 12.2 Å². The molecule has 0 spiro atoms. The minimum atomic E-state index is -0.604. The molecule has 1 atom stereocenters. The molecule has 0 aliphatic carbocycles. The van der Waals surface area contributed by atoms with E-state index >= 15 is 0 Å². The van der Waals surface area contributed by atoms with Crippen molar-refractivity contribution in [2.75, 3.05) is 33.8 Å². The van der Waals surface area contributed by atoms with E-state index in [2.05, 4.69) is 5.32 Å². The Kier molecular flexibility index (Phi) is 8.12. The molecule has 7 nitrogen and oxygen atoms in total. The van der Waals surface area contributed by atoms with Crippen LogP contribution in [-0.2, 0) is 4.79 Å². The zero-order valence-corrected chi connectivity index (χ0v) is 18.3. The normalized spacial score (nSPS) is 12.0. The number of anilines is 1. The number of benzene rings is 2. The zero-order chi connectivity index (χ0) is 22.3. The van der Waals surface area contributed by atoms with Crippen molar-refractivity contribution in [2.45, 2.75) is 19.9 Å². The average molecular weight is 415 g/mol. The predicted molar refractivity (Wildman–Crippen MR) is 119 cm³/mol. The summed E-state index contributed by atoms with van der Waals surface area (Å²) in [6.07, 6.45) is 3.83. The minimum Gasteiger partial charge on any atom is -0.495 e. The maximum atomic E-state index is 12.4. The standard InChI is InChI=1S/C23H30N2O5/c1-14(2)21(24)23(26)25-17-11-15(9-10-18(17)27-3)7-8-16-12-19(28-4)22(30-6)20(13-16)29-5/h7-14,21H,24H2,1-6H3,(H,25,26)/t21-/m0/s1. The highest BCUT2D eigenvalue weighted by Gasteiger charge is 2.18. The summed E-state index contributed by atoms with van der Waals surface area (Å²) in [5.74, 6) is 2.01. The van der Waals surface area contributed by atoms with Crippen molar-refractivity contribution >= 4 is 23.7 Å². The largest absolute Gasteiger partial charge is 0.495 e. The van der Waals surface area contributed by atoms with Crippen molar-refractivity contribution in [3.63, 3.8) is 0 Å². The Morgan fingerprint density at radius 1 is 0.867 bits per heavy atom. The van der Waals surface area contributed by atoms with Crippen molar-refractivity contribution in [3.8, 4) is 23.0 Å². The lowest BCUT2D eigenvalue weighted by molar-refractivity contribution is -0.118. The highest BCUT2D eigenvalue weighted by molar-refractivity contribution is 5.96. The van der Waals surface area contributed by atoms with Crippen LogP contribution in [0.3, 0.4) is 0 Å². The molecule has 162 valence electrons. The third-order valence-electron chi connectivity index (χ3n) is 4.66. The van der Waals surface area contributed by atoms with E-state index in [9.17, 15) is 4.79 Å². The van der Waals surface area contributed by atoms with Crippen LogP contribution in [0.1, 0.15) is 25.0 Å². The van der Waals surface area contributed by atoms with Gasteiger partial charge in [0.25, 0.3) is 0 Å². The number of amides is 1. The molecule has 0 fully saturated rings. The Morgan fingerprint density at radius 3 is 1.93 bits per heavy atom. The Hall–Kier alpha value is -3.19. The van der Waals surface area contributed by atoms with Crippen molar-refractivity contribution in [2.24, 2.45) is 11.7 Å². The van der Waals surface area contributed by atoms with Crippen LogP contribution in [0.15, 0.2) is 30.3 Å². The zero-order valence-electron chi connectivity index (χ0n) is 18.3. The number of nitrogens with one attached hydrogen (secondary N) is 1. The number of ether oxygens (including phenoxy) is 4. The van der Waals surface area contributed by atoms with Crippen LogP contribution in [0.4, 0.5) is 5.69 Å². The number of carbonyl (C=O) groups excluding carboxylic acids is 1. The smallest absolute Gasteiger partial charge is 0.241 e. The van der Waals surface area contributed by atoms with Gasteiger partial charge in [0.1, 0.15) is 5.75 Å². The highest BCUT2D eigenvalue weighted by atomic mass is 16.5. The van der Waals surface area contributed by atoms with Crippen molar-refractivity contribution < 1.29 is 23.7 Å². The predicted octanol–water partition coefficient (Wildman–Crippen LogP) is 3.81. The maximum absolute atomic E-state index is 12.4. The lowest BCUT2D eigenvalue weighted by Crippen LogP contribution is -2.39. The number of hydrogen-bond acceptors (Lipinski definition) is 6. The molecule has 0 unspecified atom stereocenters. The van der Waals surface area contributed by atoms with E-state index in [-0.39, 0.29) is 11.8 Å². The van der Waals surface area contributed by atoms with E-state index in [1.807, 2.05) is 50.3 Å². The fraction of sp³-hybridized carbons (Fsp3) is 0.348. The van der Waals surface area contributed by atoms with Gasteiger partial charge in [-0.1, -0.05) is 32.1 Å². The molecule has 0 heterocycles. The molecule has 1 amide bonds. The number of nitrogens with two attached hydrogens (primary N) is 1. The number of methoxy groups -OCH3 is 4. The maximum Gasteiger partial charge on any atom is 0.241 e. The van der Waals surface area contributed by atoms with E-state index in [0.29, 0.717) is 28.7 Å². The average Bonchev–Trinajstić information content (AvgIpc) is 2.76. The number of hydrogen-bond donors (Lipinski definition) is 2. The van der Waals surface area contributed by atoms with Gasteiger partial charge >= 0.3 is 0 Å². The summed E-state index contributed by atoms with van der Waals surface area (Å²) < 4.78 is 21.5. The van der Waals surface area contributed by atoms with Gasteiger partial charge in [-0.15, -0.1) is 0 Å². The first-order valence-corrected chi connectivity index (χ1v) is 9.57. The van der Waals surface area contributed by atoms with Gasteiger partial charge in [-0.25, -0.2) is 0 Å². The van der Waals surface area contributed by atoms with Crippen LogP contribution in [0, 0.1) is 5.92 Å². The fourth-order valence-electron chi connectivity index (χ4n) is 2.84. The van der Waals surface area contributed by atoms with Gasteiger partial charge in [-0.3, -0.25) is 4.79 Å². The second kappa shape index (κ2) is 10.5. The van der Waals surface area contributed by atoms with Gasteiger partial charge in [0.05, 0.1) is 40.2 Å². The Labute approximate surface area is 177 Å². The minimum absolute atomic E-state index is 0.0270. The second-order valence-electron chi connectivity index (χ2n) is 7.01. The van der Waals surface area contributed by atoms with Gasteiger partial charge in [0.15, 0.2) is 11.5 Å². The van der Waals surface area contributed by atoms with Crippen LogP contribution in [0.2, 0.25) is 0 Å². The topological polar surface area (TPSA) is 92.0 Å². The summed E-state index contributed by atoms with van der Waals surface area (Å²) in [5, 5.41) is 2.85. The van der Waals surface area contributed by atoms with Gasteiger partial charge in [-0.05, 0) is 41.3 Å². The Balaban J connectivity index is 2.33. The molecular formula is C23H30N2O5. The van der Waals surface area contributed by atoms with E-state index in [0.717, 1.165) is 11.1 Å². The van der Waals surface area contributed by atoms with Gasteiger partial charge in [0, 0.05) is 0 Å². The van der Waals surface area contributed by atoms with Crippen LogP contribution in [0.5, 0.6) is 23.0 Å². The number of rotatable bonds is 9. The van der Waals surface area contributed by atoms with Crippen LogP contribution >= 0.6 is 0 Å². The molecule has 3 N–H and O–H groups in total. The molecule has 2 aromatic carbocycles. The molecule has 30 heavy (non-hydrogen) atoms. The first-order valence-electron chi connectivity index (χ1n) is 9.57. The molecule has 0 aromatic heterocycles. The van der Waals surface area contributed by atoms with Crippen LogP contribution in [-0.4, -0.2) is 40.4 Å². The summed E-state index contributed by atoms with van der Waals surface area (Å²) in [6, 6.07) is 8.63. The quantitative estimate of drug-likeness (QED) is 0.606. The summed E-state index contributed by atoms with van der Waals surface area (Å²) in [4.78, 5) is 12.4. The van der Waals surface area contributed by atoms with Crippen molar-refractivity contribution in [1.82, 2.24) is 0 Å². The van der Waals surface area contributed by atoms with Gasteiger partial charge in [0.2, 0.25) is 11.7 Å². The SMILES string of the molecule is COc1ccc(C=Cc2cc(OC)c(OC)c(OC)c2)cc1NC(=O)[C@@H](N)C(C)C. The molecule has 0 bridgehead atoms. The molecular weight excluding hydrogens is 384 g/mol. The second-order valence-corrected chi connectivity index (χ2v) is 7.01. The fourth-order valence-corrected chi connectivity index (χ4v) is 2.84.